The molecule has 10 aromatic heterocycles. The number of ether oxygens (including phenoxy) is 29. The summed E-state index contributed by atoms with van der Waals surface area (Å²) in [6.45, 7) is -5.80. The molecule has 0 atom stereocenters. The second kappa shape index (κ2) is 40.0. The van der Waals surface area contributed by atoms with Crippen molar-refractivity contribution in [3.63, 3.8) is 0 Å². The lowest BCUT2D eigenvalue weighted by Gasteiger charge is -2.12. The van der Waals surface area contributed by atoms with Crippen molar-refractivity contribution in [2.75, 3.05) is 146 Å². The Morgan fingerprint density at radius 3 is 0.351 bits per heavy atom. The van der Waals surface area contributed by atoms with Crippen LogP contribution in [0.3, 0.4) is 0 Å². The van der Waals surface area contributed by atoms with Gasteiger partial charge in [-0.2, -0.15) is 9.97 Å². The molecule has 0 aromatic carbocycles. The summed E-state index contributed by atoms with van der Waals surface area (Å²) in [5, 5.41) is 0. The first-order chi connectivity index (χ1) is 54.2. The van der Waals surface area contributed by atoms with E-state index in [1.807, 2.05) is 0 Å². The molecule has 0 aliphatic heterocycles. The zero-order chi connectivity index (χ0) is 78.1. The van der Waals surface area contributed by atoms with Crippen molar-refractivity contribution in [2.45, 2.75) is 6.42 Å². The Balaban J connectivity index is 0.895. The van der Waals surface area contributed by atoms with E-state index in [2.05, 4.69) is 150 Å². The molecule has 0 saturated carbocycles. The van der Waals surface area contributed by atoms with Gasteiger partial charge in [-0.05, 0) is 0 Å². The molecule has 0 unspecified atom stereocenters. The average molecular weight is 1570 g/mol. The van der Waals surface area contributed by atoms with Crippen molar-refractivity contribution in [3.05, 3.63) is 5.82 Å². The van der Waals surface area contributed by atoms with E-state index in [4.69, 9.17) is 137 Å². The van der Waals surface area contributed by atoms with Crippen LogP contribution in [0.5, 0.6) is 174 Å². The molecular weight excluding hydrogens is 1510 g/mol. The van der Waals surface area contributed by atoms with Gasteiger partial charge in [0.2, 0.25) is 54.3 Å². The molecule has 59 heteroatoms. The molecule has 0 N–H and O–H groups in total. The minimum absolute atomic E-state index is 0.0130. The number of methoxy groups -OCH3 is 12. The third-order valence-electron chi connectivity index (χ3n) is 11.6. The first-order valence-corrected chi connectivity index (χ1v) is 30.0. The SMILES string of the molecule is COc1nc(OC)nc(OCCc2nc(OCOc3nc(OC)nc(OC)n3)nc(OCOc3nc(OCOc4nc(OCOc5nc(OC)nc(OC)n5)nc(OCOc5nc(OC)nc(OC)n5)n4)nc(OCOc4nc(OCOc5nc(OC)nc(OC)n5)nc(OCOc5nc(OC)nc(OC)n5)n4)n3)n2)n1. The third-order valence-corrected chi connectivity index (χ3v) is 11.6. The Hall–Kier alpha value is -15.7. The van der Waals surface area contributed by atoms with Gasteiger partial charge in [-0.15, -0.1) is 140 Å². The van der Waals surface area contributed by atoms with Crippen molar-refractivity contribution in [1.82, 2.24) is 150 Å². The largest absolute Gasteiger partial charge is 0.467 e. The Labute approximate surface area is 618 Å². The normalized spacial score (nSPS) is 10.5. The minimum Gasteiger partial charge on any atom is -0.467 e. The van der Waals surface area contributed by atoms with Crippen LogP contribution in [0.4, 0.5) is 0 Å². The molecule has 0 bridgehead atoms. The van der Waals surface area contributed by atoms with Crippen LogP contribution in [0.25, 0.3) is 0 Å². The Kier molecular flexibility index (Phi) is 28.1. The van der Waals surface area contributed by atoms with Crippen LogP contribution in [0.15, 0.2) is 0 Å². The van der Waals surface area contributed by atoms with Gasteiger partial charge in [0.25, 0.3) is 0 Å². The summed E-state index contributed by atoms with van der Waals surface area (Å²) in [4.78, 5) is 122. The van der Waals surface area contributed by atoms with Crippen LogP contribution in [-0.4, -0.2) is 296 Å². The van der Waals surface area contributed by atoms with Gasteiger partial charge in [-0.3, -0.25) is 0 Å². The zero-order valence-electron chi connectivity index (χ0n) is 59.3. The fourth-order valence-electron chi connectivity index (χ4n) is 6.88. The lowest BCUT2D eigenvalue weighted by Crippen LogP contribution is -2.17. The fraction of sp³-hybridized carbons (Fsp3) is 0.423. The van der Waals surface area contributed by atoms with Gasteiger partial charge in [0, 0.05) is 6.42 Å². The first kappa shape index (κ1) is 77.9. The van der Waals surface area contributed by atoms with Gasteiger partial charge in [0.1, 0.15) is 5.82 Å². The van der Waals surface area contributed by atoms with E-state index in [9.17, 15) is 0 Å². The maximum absolute atomic E-state index is 5.82. The smallest absolute Gasteiger partial charge is 0.328 e. The van der Waals surface area contributed by atoms with Crippen molar-refractivity contribution < 1.29 is 137 Å². The summed E-state index contributed by atoms with van der Waals surface area (Å²) < 4.78 is 157. The number of nitrogens with zero attached hydrogens (tertiary/aromatic N) is 30. The molecule has 588 valence electrons. The van der Waals surface area contributed by atoms with Gasteiger partial charge < -0.3 is 137 Å². The average Bonchev–Trinajstić information content (AvgIpc) is 0.853. The summed E-state index contributed by atoms with van der Waals surface area (Å²) in [5.74, 6) is 0.0130. The highest BCUT2D eigenvalue weighted by Gasteiger charge is 2.22. The van der Waals surface area contributed by atoms with Crippen molar-refractivity contribution in [3.8, 4) is 174 Å². The number of hydrogen-bond donors (Lipinski definition) is 0. The van der Waals surface area contributed by atoms with Gasteiger partial charge in [0.05, 0.1) is 91.9 Å². The van der Waals surface area contributed by atoms with E-state index in [1.54, 1.807) is 0 Å². The molecule has 10 rings (SSSR count). The highest BCUT2D eigenvalue weighted by atomic mass is 16.7. The quantitative estimate of drug-likeness (QED) is 0.0335. The third kappa shape index (κ3) is 24.2. The summed E-state index contributed by atoms with van der Waals surface area (Å²) in [6.07, 6.45) is -0.0661. The monoisotopic (exact) mass is 1560 g/mol. The summed E-state index contributed by atoms with van der Waals surface area (Å²) in [6, 6.07) is -8.64. The Morgan fingerprint density at radius 2 is 0.225 bits per heavy atom. The lowest BCUT2D eigenvalue weighted by atomic mass is 10.4. The molecule has 10 heterocycles. The second-order valence-electron chi connectivity index (χ2n) is 18.3. The molecule has 0 aliphatic carbocycles. The van der Waals surface area contributed by atoms with Crippen molar-refractivity contribution in [1.29, 1.82) is 0 Å². The fourth-order valence-corrected chi connectivity index (χ4v) is 6.88. The highest BCUT2D eigenvalue weighted by Crippen LogP contribution is 2.25. The summed E-state index contributed by atoms with van der Waals surface area (Å²) in [7, 11) is 15.8. The van der Waals surface area contributed by atoms with E-state index in [-0.39, 0.29) is 133 Å². The number of rotatable bonds is 48. The molecule has 59 nitrogen and oxygen atoms in total. The van der Waals surface area contributed by atoms with Gasteiger partial charge in [0.15, 0.2) is 0 Å². The number of aromatic nitrogens is 30. The van der Waals surface area contributed by atoms with E-state index in [1.165, 1.54) is 85.3 Å². The number of hydrogen-bond acceptors (Lipinski definition) is 59. The van der Waals surface area contributed by atoms with Gasteiger partial charge in [-0.25, -0.2) is 0 Å². The topological polar surface area (TPSA) is 654 Å². The molecule has 10 aromatic rings. The molecule has 111 heavy (non-hydrogen) atoms. The molecule has 0 aliphatic rings. The van der Waals surface area contributed by atoms with Crippen LogP contribution in [0.2, 0.25) is 0 Å². The first-order valence-electron chi connectivity index (χ1n) is 30.0. The standard InChI is InChI=1S/C52H56N30O29/c1-83-24-55-25(84-2)62-38(61-24)95-14-13-23-53-36(96-15-98-39-63-26(85-3)56-27(64-39)86-4)73-37(54-23)97-16-103-44-74-49(108-21-110-51-78-45(104-17-99-40-65-28(87-5)57-29(66-40)88-6)76-46(79-51)105-18-100-41-67-30(89-7)58-31(68-41)90-8)82-50(75-44)109-22-111-52-80-47(106-19-101-42-69-32(91-9)59-33(70-42)92-10)77-48(81-52)107-20-102-43-71-34(93-11)60-35(72-43)94-12/h13-22H2,1-12H3. The van der Waals surface area contributed by atoms with E-state index in [0.29, 0.717) is 0 Å². The van der Waals surface area contributed by atoms with E-state index in [0.717, 1.165) is 0 Å². The molecule has 0 amide bonds. The molecule has 0 spiro atoms. The lowest BCUT2D eigenvalue weighted by molar-refractivity contribution is 0.0664. The van der Waals surface area contributed by atoms with Crippen LogP contribution in [0, 0.1) is 0 Å². The summed E-state index contributed by atoms with van der Waals surface area (Å²) >= 11 is 0. The van der Waals surface area contributed by atoms with Gasteiger partial charge in [-0.1, -0.05) is 0 Å². The van der Waals surface area contributed by atoms with Crippen molar-refractivity contribution in [2.24, 2.45) is 0 Å². The van der Waals surface area contributed by atoms with Crippen molar-refractivity contribution >= 4 is 0 Å². The van der Waals surface area contributed by atoms with Crippen LogP contribution in [0.1, 0.15) is 5.82 Å². The molecule has 0 radical (unpaired) electrons. The van der Waals surface area contributed by atoms with Crippen LogP contribution >= 0.6 is 0 Å². The van der Waals surface area contributed by atoms with E-state index < -0.39 is 114 Å². The molecular formula is C52H56N30O29. The van der Waals surface area contributed by atoms with Crippen LogP contribution in [-0.2, 0) is 6.42 Å². The predicted octanol–water partition coefficient (Wildman–Crippen LogP) is -3.42. The maximum atomic E-state index is 5.82. The molecule has 0 fully saturated rings. The maximum Gasteiger partial charge on any atom is 0.328 e. The predicted molar refractivity (Wildman–Crippen MR) is 335 cm³/mol. The van der Waals surface area contributed by atoms with Crippen LogP contribution < -0.4 is 137 Å². The Bertz CT molecular complexity index is 3830. The molecule has 0 saturated heterocycles. The highest BCUT2D eigenvalue weighted by molar-refractivity contribution is 5.17. The Morgan fingerprint density at radius 1 is 0.126 bits per heavy atom. The zero-order valence-corrected chi connectivity index (χ0v) is 59.3. The van der Waals surface area contributed by atoms with E-state index >= 15 is 0 Å². The van der Waals surface area contributed by atoms with Gasteiger partial charge >= 0.3 is 174 Å². The summed E-state index contributed by atoms with van der Waals surface area (Å²) in [5.41, 5.74) is 0. The second-order valence-corrected chi connectivity index (χ2v) is 18.3. The minimum atomic E-state index is -0.833.